The molecule has 0 radical (unpaired) electrons. The summed E-state index contributed by atoms with van der Waals surface area (Å²) in [6.45, 7) is 4.05. The van der Waals surface area contributed by atoms with Gasteiger partial charge in [-0.3, -0.25) is 19.4 Å². The Morgan fingerprint density at radius 3 is 3.04 bits per heavy atom. The van der Waals surface area contributed by atoms with Gasteiger partial charge in [-0.15, -0.1) is 0 Å². The second kappa shape index (κ2) is 7.73. The average molecular weight is 376 g/mol. The van der Waals surface area contributed by atoms with Crippen LogP contribution in [-0.4, -0.2) is 68.9 Å². The molecule has 0 unspecified atom stereocenters. The first-order valence-electron chi connectivity index (χ1n) is 8.89. The zero-order valence-electron chi connectivity index (χ0n) is 14.5. The first kappa shape index (κ1) is 17.5. The number of rotatable bonds is 4. The Balaban J connectivity index is 1.42. The van der Waals surface area contributed by atoms with Gasteiger partial charge in [-0.25, -0.2) is 0 Å². The number of nitrogens with zero attached hydrogens (tertiary/aromatic N) is 5. The van der Waals surface area contributed by atoms with Crippen molar-refractivity contribution in [2.24, 2.45) is 0 Å². The minimum atomic E-state index is 0.0649. The lowest BCUT2D eigenvalue weighted by Crippen LogP contribution is -2.60. The number of fused-ring (bicyclic) bond motifs is 1. The largest absolute Gasteiger partial charge is 0.375 e. The molecule has 2 aliphatic rings. The van der Waals surface area contributed by atoms with Crippen molar-refractivity contribution in [3.8, 4) is 0 Å². The molecule has 2 atom stereocenters. The third kappa shape index (κ3) is 3.90. The summed E-state index contributed by atoms with van der Waals surface area (Å²) in [4.78, 5) is 21.2. The van der Waals surface area contributed by atoms with E-state index in [1.807, 2.05) is 17.2 Å². The molecule has 26 heavy (non-hydrogen) atoms. The maximum Gasteiger partial charge on any atom is 0.244 e. The molecule has 0 aromatic carbocycles. The van der Waals surface area contributed by atoms with Crippen molar-refractivity contribution >= 4 is 17.5 Å². The summed E-state index contributed by atoms with van der Waals surface area (Å²) in [5.74, 6) is 0.0649. The first-order chi connectivity index (χ1) is 12.7. The van der Waals surface area contributed by atoms with Gasteiger partial charge in [0.15, 0.2) is 0 Å². The van der Waals surface area contributed by atoms with Crippen LogP contribution in [0.25, 0.3) is 0 Å². The molecule has 0 saturated carbocycles. The number of hydrogen-bond acceptors (Lipinski definition) is 5. The molecule has 0 bridgehead atoms. The fourth-order valence-electron chi connectivity index (χ4n) is 3.75. The molecular weight excluding hydrogens is 354 g/mol. The van der Waals surface area contributed by atoms with Gasteiger partial charge < -0.3 is 9.64 Å². The van der Waals surface area contributed by atoms with Gasteiger partial charge >= 0.3 is 0 Å². The fraction of sp³-hybridized carbons (Fsp3) is 0.500. The number of aromatic nitrogens is 3. The summed E-state index contributed by atoms with van der Waals surface area (Å²) in [6.07, 6.45) is 7.95. The number of likely N-dealkylation sites (tertiary alicyclic amines) is 1. The van der Waals surface area contributed by atoms with Crippen LogP contribution in [0.2, 0.25) is 5.02 Å². The molecule has 2 fully saturated rings. The van der Waals surface area contributed by atoms with Crippen molar-refractivity contribution < 1.29 is 9.53 Å². The smallest absolute Gasteiger partial charge is 0.244 e. The molecular formula is C18H22ClN5O2. The molecule has 2 aliphatic heterocycles. The Labute approximate surface area is 157 Å². The second-order valence-electron chi connectivity index (χ2n) is 6.79. The molecule has 138 valence electrons. The van der Waals surface area contributed by atoms with Gasteiger partial charge in [0.05, 0.1) is 30.0 Å². The minimum Gasteiger partial charge on any atom is -0.375 e. The average Bonchev–Trinajstić information content (AvgIpc) is 3.07. The van der Waals surface area contributed by atoms with Gasteiger partial charge in [-0.1, -0.05) is 17.7 Å². The Morgan fingerprint density at radius 2 is 2.27 bits per heavy atom. The number of carbonyl (C=O) groups is 1. The monoisotopic (exact) mass is 375 g/mol. The van der Waals surface area contributed by atoms with Crippen molar-refractivity contribution in [1.29, 1.82) is 0 Å². The predicted molar refractivity (Wildman–Crippen MR) is 96.6 cm³/mol. The third-order valence-electron chi connectivity index (χ3n) is 5.06. The second-order valence-corrected chi connectivity index (χ2v) is 7.23. The van der Waals surface area contributed by atoms with E-state index in [-0.39, 0.29) is 24.6 Å². The zero-order chi connectivity index (χ0) is 17.9. The van der Waals surface area contributed by atoms with E-state index in [1.54, 1.807) is 23.3 Å². The Morgan fingerprint density at radius 1 is 1.35 bits per heavy atom. The summed E-state index contributed by atoms with van der Waals surface area (Å²) in [5.41, 5.74) is 1.18. The minimum absolute atomic E-state index is 0.0649. The van der Waals surface area contributed by atoms with Crippen LogP contribution in [0.1, 0.15) is 12.0 Å². The van der Waals surface area contributed by atoms with Crippen molar-refractivity contribution in [1.82, 2.24) is 24.6 Å². The lowest BCUT2D eigenvalue weighted by Gasteiger charge is -2.47. The van der Waals surface area contributed by atoms with Crippen molar-refractivity contribution in [2.45, 2.75) is 31.7 Å². The molecule has 2 saturated heterocycles. The normalized spacial score (nSPS) is 23.7. The summed E-state index contributed by atoms with van der Waals surface area (Å²) >= 11 is 5.88. The zero-order valence-corrected chi connectivity index (χ0v) is 15.3. The number of piperidine rings is 1. The van der Waals surface area contributed by atoms with Crippen molar-refractivity contribution in [2.75, 3.05) is 26.2 Å². The molecule has 0 aliphatic carbocycles. The van der Waals surface area contributed by atoms with Gasteiger partial charge in [-0.05, 0) is 18.1 Å². The van der Waals surface area contributed by atoms with Crippen molar-refractivity contribution in [3.63, 3.8) is 0 Å². The highest BCUT2D eigenvalue weighted by Crippen LogP contribution is 2.25. The van der Waals surface area contributed by atoms with Crippen LogP contribution in [0.15, 0.2) is 36.9 Å². The highest BCUT2D eigenvalue weighted by atomic mass is 35.5. The molecule has 0 N–H and O–H groups in total. The Kier molecular flexibility index (Phi) is 5.19. The van der Waals surface area contributed by atoms with Crippen LogP contribution in [0, 0.1) is 0 Å². The maximum absolute atomic E-state index is 12.7. The number of ether oxygens (including phenoxy) is 1. The molecule has 4 rings (SSSR count). The molecule has 0 spiro atoms. The predicted octanol–water partition coefficient (Wildman–Crippen LogP) is 1.43. The van der Waals surface area contributed by atoms with Crippen molar-refractivity contribution in [3.05, 3.63) is 47.5 Å². The quantitative estimate of drug-likeness (QED) is 0.809. The highest BCUT2D eigenvalue weighted by Gasteiger charge is 2.38. The Hall–Kier alpha value is -1.96. The van der Waals surface area contributed by atoms with Crippen LogP contribution in [0.3, 0.4) is 0 Å². The molecule has 1 amide bonds. The van der Waals surface area contributed by atoms with E-state index >= 15 is 0 Å². The van der Waals surface area contributed by atoms with Crippen LogP contribution in [0.5, 0.6) is 0 Å². The van der Waals surface area contributed by atoms with E-state index in [1.165, 1.54) is 5.56 Å². The van der Waals surface area contributed by atoms with Gasteiger partial charge in [0, 0.05) is 44.8 Å². The van der Waals surface area contributed by atoms with E-state index < -0.39 is 0 Å². The van der Waals surface area contributed by atoms with Crippen LogP contribution < -0.4 is 0 Å². The van der Waals surface area contributed by atoms with Gasteiger partial charge in [-0.2, -0.15) is 5.10 Å². The summed E-state index contributed by atoms with van der Waals surface area (Å²) in [5, 5.41) is 4.64. The molecule has 7 nitrogen and oxygen atoms in total. The summed E-state index contributed by atoms with van der Waals surface area (Å²) < 4.78 is 7.55. The lowest BCUT2D eigenvalue weighted by molar-refractivity contribution is -0.144. The molecule has 4 heterocycles. The molecule has 2 aromatic rings. The lowest BCUT2D eigenvalue weighted by atomic mass is 9.98. The highest BCUT2D eigenvalue weighted by molar-refractivity contribution is 6.30. The third-order valence-corrected chi connectivity index (χ3v) is 5.25. The van der Waals surface area contributed by atoms with E-state index in [0.29, 0.717) is 11.6 Å². The number of carbonyl (C=O) groups excluding carboxylic acids is 1. The van der Waals surface area contributed by atoms with E-state index in [4.69, 9.17) is 16.3 Å². The number of morpholine rings is 1. The van der Waals surface area contributed by atoms with Gasteiger partial charge in [0.2, 0.25) is 5.91 Å². The van der Waals surface area contributed by atoms with E-state index in [0.717, 1.165) is 32.7 Å². The van der Waals surface area contributed by atoms with Crippen LogP contribution in [-0.2, 0) is 22.6 Å². The fourth-order valence-corrected chi connectivity index (χ4v) is 3.91. The summed E-state index contributed by atoms with van der Waals surface area (Å²) in [6, 6.07) is 4.26. The molecule has 2 aromatic heterocycles. The standard InChI is InChI=1S/C18H22ClN5O2/c19-15-9-21-24(11-15)13-18(25)23-5-3-17-16(12-23)22(6-7-26-17)10-14-2-1-4-20-8-14/h1-2,4,8-9,11,16-17H,3,5-7,10,12-13H2/t16-,17-/m0/s1. The summed E-state index contributed by atoms with van der Waals surface area (Å²) in [7, 11) is 0. The number of halogens is 1. The van der Waals surface area contributed by atoms with Crippen LogP contribution in [0.4, 0.5) is 0 Å². The number of pyridine rings is 1. The number of hydrogen-bond donors (Lipinski definition) is 0. The topological polar surface area (TPSA) is 63.5 Å². The SMILES string of the molecule is O=C(Cn1cc(Cl)cn1)N1CC[C@@H]2OCCN(Cc3cccnc3)[C@H]2C1. The Bertz CT molecular complexity index is 753. The van der Waals surface area contributed by atoms with E-state index in [9.17, 15) is 4.79 Å². The van der Waals surface area contributed by atoms with Gasteiger partial charge in [0.1, 0.15) is 6.54 Å². The first-order valence-corrected chi connectivity index (χ1v) is 9.27. The molecule has 8 heteroatoms. The maximum atomic E-state index is 12.7. The van der Waals surface area contributed by atoms with Crippen LogP contribution >= 0.6 is 11.6 Å². The van der Waals surface area contributed by atoms with E-state index in [2.05, 4.69) is 21.0 Å². The number of amides is 1. The van der Waals surface area contributed by atoms with Gasteiger partial charge in [0.25, 0.3) is 0 Å².